The van der Waals surface area contributed by atoms with Crippen molar-refractivity contribution in [3.05, 3.63) is 35.5 Å². The van der Waals surface area contributed by atoms with Gasteiger partial charge in [0.05, 0.1) is 6.10 Å². The Morgan fingerprint density at radius 1 is 1.06 bits per heavy atom. The van der Waals surface area contributed by atoms with Crippen LogP contribution in [0, 0.1) is 40.9 Å². The quantitative estimate of drug-likeness (QED) is 0.115. The van der Waals surface area contributed by atoms with Crippen LogP contribution >= 0.6 is 9.24 Å². The van der Waals surface area contributed by atoms with Crippen molar-refractivity contribution in [2.24, 2.45) is 40.9 Å². The van der Waals surface area contributed by atoms with Crippen molar-refractivity contribution < 1.29 is 5.11 Å². The highest BCUT2D eigenvalue weighted by Gasteiger charge is 2.43. The van der Waals surface area contributed by atoms with E-state index in [0.717, 1.165) is 30.3 Å². The van der Waals surface area contributed by atoms with Crippen LogP contribution in [-0.2, 0) is 0 Å². The molecule has 8 atom stereocenters. The molecule has 1 aliphatic carbocycles. The first-order valence-corrected chi connectivity index (χ1v) is 15.9. The first kappa shape index (κ1) is 33.6. The molecule has 2 heteroatoms. The molecule has 1 N–H and O–H groups in total. The van der Waals surface area contributed by atoms with E-state index in [1.54, 1.807) is 11.1 Å². The van der Waals surface area contributed by atoms with E-state index in [-0.39, 0.29) is 5.41 Å². The lowest BCUT2D eigenvalue weighted by molar-refractivity contribution is 0.0298. The Balaban J connectivity index is 3.18. The molecule has 0 amide bonds. The molecule has 1 rings (SSSR count). The fourth-order valence-electron chi connectivity index (χ4n) is 6.72. The first-order valence-electron chi connectivity index (χ1n) is 15.3. The number of hydrogen-bond donors (Lipinski definition) is 1. The van der Waals surface area contributed by atoms with Gasteiger partial charge in [-0.1, -0.05) is 91.7 Å². The highest BCUT2D eigenvalue weighted by atomic mass is 31.0. The van der Waals surface area contributed by atoms with E-state index < -0.39 is 6.10 Å². The van der Waals surface area contributed by atoms with Gasteiger partial charge in [-0.3, -0.25) is 0 Å². The highest BCUT2D eigenvalue weighted by Crippen LogP contribution is 2.50. The SMILES string of the molecule is C=C(/C=C\C(CC)C(CC)CC[C@@H](C)P)C(CC(C)C)(CC1CC(CCC(C)C)=C(C)C1C)C(C)O. The summed E-state index contributed by atoms with van der Waals surface area (Å²) in [4.78, 5) is 0. The lowest BCUT2D eigenvalue weighted by Gasteiger charge is -2.42. The molecule has 36 heavy (non-hydrogen) atoms. The van der Waals surface area contributed by atoms with Crippen LogP contribution in [0.1, 0.15) is 127 Å². The highest BCUT2D eigenvalue weighted by molar-refractivity contribution is 7.17. The minimum Gasteiger partial charge on any atom is -0.392 e. The van der Waals surface area contributed by atoms with E-state index in [4.69, 9.17) is 0 Å². The molecule has 0 aliphatic heterocycles. The Kier molecular flexibility index (Phi) is 14.8. The summed E-state index contributed by atoms with van der Waals surface area (Å²) in [6.45, 7) is 27.7. The molecule has 0 fully saturated rings. The van der Waals surface area contributed by atoms with Crippen LogP contribution in [0.15, 0.2) is 35.5 Å². The number of aliphatic hydroxyl groups excluding tert-OH is 1. The van der Waals surface area contributed by atoms with E-state index >= 15 is 0 Å². The molecule has 7 unspecified atom stereocenters. The predicted octanol–water partition coefficient (Wildman–Crippen LogP) is 10.4. The summed E-state index contributed by atoms with van der Waals surface area (Å²) in [6, 6.07) is 0. The summed E-state index contributed by atoms with van der Waals surface area (Å²) in [5, 5.41) is 11.3. The molecule has 0 spiro atoms. The molecule has 1 aliphatic rings. The summed E-state index contributed by atoms with van der Waals surface area (Å²) < 4.78 is 0. The molecular formula is C34H63OP. The van der Waals surface area contributed by atoms with E-state index in [0.29, 0.717) is 29.3 Å². The summed E-state index contributed by atoms with van der Waals surface area (Å²) in [7, 11) is 2.96. The van der Waals surface area contributed by atoms with E-state index in [1.807, 2.05) is 6.92 Å². The summed E-state index contributed by atoms with van der Waals surface area (Å²) >= 11 is 0. The Morgan fingerprint density at radius 3 is 2.17 bits per heavy atom. The first-order chi connectivity index (χ1) is 16.8. The van der Waals surface area contributed by atoms with Gasteiger partial charge in [-0.25, -0.2) is 0 Å². The van der Waals surface area contributed by atoms with Gasteiger partial charge in [-0.15, -0.1) is 9.24 Å². The van der Waals surface area contributed by atoms with Gasteiger partial charge in [-0.05, 0) is 112 Å². The van der Waals surface area contributed by atoms with Crippen molar-refractivity contribution in [2.75, 3.05) is 0 Å². The van der Waals surface area contributed by atoms with E-state index in [2.05, 4.69) is 90.3 Å². The van der Waals surface area contributed by atoms with Crippen molar-refractivity contribution in [3.8, 4) is 0 Å². The molecule has 1 nitrogen and oxygen atoms in total. The largest absolute Gasteiger partial charge is 0.392 e. The third kappa shape index (κ3) is 9.73. The normalized spacial score (nSPS) is 23.9. The molecule has 210 valence electrons. The second-order valence-corrected chi connectivity index (χ2v) is 14.4. The zero-order chi connectivity index (χ0) is 27.6. The predicted molar refractivity (Wildman–Crippen MR) is 166 cm³/mol. The van der Waals surface area contributed by atoms with Crippen molar-refractivity contribution >= 4 is 9.24 Å². The maximum atomic E-state index is 11.3. The monoisotopic (exact) mass is 518 g/mol. The van der Waals surface area contributed by atoms with Gasteiger partial charge in [0.25, 0.3) is 0 Å². The molecular weight excluding hydrogens is 455 g/mol. The molecule has 0 saturated carbocycles. The Bertz CT molecular complexity index is 713. The fraction of sp³-hybridized carbons (Fsp3) is 0.824. The molecule has 0 radical (unpaired) electrons. The Morgan fingerprint density at radius 2 is 1.69 bits per heavy atom. The van der Waals surface area contributed by atoms with E-state index in [1.165, 1.54) is 44.9 Å². The van der Waals surface area contributed by atoms with Gasteiger partial charge in [0, 0.05) is 5.41 Å². The Labute approximate surface area is 229 Å². The number of allylic oxidation sites excluding steroid dienone is 4. The van der Waals surface area contributed by atoms with Crippen LogP contribution in [0.5, 0.6) is 0 Å². The second kappa shape index (κ2) is 15.9. The van der Waals surface area contributed by atoms with Crippen LogP contribution < -0.4 is 0 Å². The molecule has 0 aromatic carbocycles. The smallest absolute Gasteiger partial charge is 0.0608 e. The third-order valence-corrected chi connectivity index (χ3v) is 9.79. The zero-order valence-corrected chi connectivity index (χ0v) is 27.0. The lowest BCUT2D eigenvalue weighted by Crippen LogP contribution is -2.38. The lowest BCUT2D eigenvalue weighted by atomic mass is 9.64. The topological polar surface area (TPSA) is 20.2 Å². The molecule has 0 bridgehead atoms. The number of rotatable bonds is 17. The minimum atomic E-state index is -0.399. The molecule has 0 aromatic rings. The van der Waals surface area contributed by atoms with Gasteiger partial charge >= 0.3 is 0 Å². The van der Waals surface area contributed by atoms with Crippen LogP contribution in [0.4, 0.5) is 0 Å². The molecule has 0 heterocycles. The summed E-state index contributed by atoms with van der Waals surface area (Å²) in [5.74, 6) is 3.76. The van der Waals surface area contributed by atoms with Gasteiger partial charge in [0.2, 0.25) is 0 Å². The second-order valence-electron chi connectivity index (χ2n) is 13.3. The Hall–Kier alpha value is -0.390. The van der Waals surface area contributed by atoms with Crippen molar-refractivity contribution in [1.82, 2.24) is 0 Å². The van der Waals surface area contributed by atoms with Crippen molar-refractivity contribution in [1.29, 1.82) is 0 Å². The average Bonchev–Trinajstić information content (AvgIpc) is 3.05. The van der Waals surface area contributed by atoms with Crippen LogP contribution in [-0.4, -0.2) is 16.9 Å². The maximum absolute atomic E-state index is 11.3. The van der Waals surface area contributed by atoms with Gasteiger partial charge in [0.15, 0.2) is 0 Å². The van der Waals surface area contributed by atoms with E-state index in [9.17, 15) is 5.11 Å². The fourth-order valence-corrected chi connectivity index (χ4v) is 6.91. The zero-order valence-electron chi connectivity index (χ0n) is 25.9. The minimum absolute atomic E-state index is 0.258. The maximum Gasteiger partial charge on any atom is 0.0608 e. The van der Waals surface area contributed by atoms with Crippen LogP contribution in [0.25, 0.3) is 0 Å². The molecule has 0 saturated heterocycles. The molecule has 0 aromatic heterocycles. The van der Waals surface area contributed by atoms with Gasteiger partial charge in [-0.2, -0.15) is 0 Å². The van der Waals surface area contributed by atoms with Crippen LogP contribution in [0.3, 0.4) is 0 Å². The van der Waals surface area contributed by atoms with Gasteiger partial charge in [0.1, 0.15) is 0 Å². The van der Waals surface area contributed by atoms with Gasteiger partial charge < -0.3 is 5.11 Å². The number of hydrogen-bond acceptors (Lipinski definition) is 1. The summed E-state index contributed by atoms with van der Waals surface area (Å²) in [5.41, 5.74) is 4.88. The van der Waals surface area contributed by atoms with Crippen LogP contribution in [0.2, 0.25) is 0 Å². The number of aliphatic hydroxyl groups is 1. The average molecular weight is 519 g/mol. The van der Waals surface area contributed by atoms with Crippen molar-refractivity contribution in [2.45, 2.75) is 139 Å². The standard InChI is InChI=1S/C34H63OP/c1-12-30(31(13-2)19-16-26(8)36)18-15-25(7)34(29(11)35,21-24(5)6)22-33-20-32(17-14-23(3)4)27(9)28(33)10/h15,18,23-24,26,28-31,33,35H,7,12-14,16-17,19-22,36H2,1-6,8-11H3/b18-15-/t26-,28?,29?,30?,31?,33?,34?/m1/s1. The third-order valence-electron chi connectivity index (χ3n) is 9.46. The summed E-state index contributed by atoms with van der Waals surface area (Å²) in [6.07, 6.45) is 15.1. The van der Waals surface area contributed by atoms with Crippen molar-refractivity contribution in [3.63, 3.8) is 0 Å².